The van der Waals surface area contributed by atoms with Crippen molar-refractivity contribution in [2.75, 3.05) is 0 Å². The van der Waals surface area contributed by atoms with Crippen molar-refractivity contribution in [3.63, 3.8) is 0 Å². The molecule has 0 radical (unpaired) electrons. The Morgan fingerprint density at radius 1 is 1.25 bits per heavy atom. The molecule has 11 heteroatoms. The zero-order valence-corrected chi connectivity index (χ0v) is 16.8. The fourth-order valence-corrected chi connectivity index (χ4v) is 4.78. The Balaban J connectivity index is 1.54. The summed E-state index contributed by atoms with van der Waals surface area (Å²) in [5.74, 6) is 0.427. The Morgan fingerprint density at radius 3 is 2.86 bits per heavy atom. The number of hydrogen-bond acceptors (Lipinski definition) is 7. The van der Waals surface area contributed by atoms with E-state index in [0.717, 1.165) is 11.3 Å². The second-order valence-corrected chi connectivity index (χ2v) is 9.10. The van der Waals surface area contributed by atoms with Crippen molar-refractivity contribution >= 4 is 43.2 Å². The summed E-state index contributed by atoms with van der Waals surface area (Å²) in [6, 6.07) is 11.4. The molecule has 2 heterocycles. The lowest BCUT2D eigenvalue weighted by molar-refractivity contribution is 0.376. The maximum Gasteiger partial charge on any atom is 0.307 e. The van der Waals surface area contributed by atoms with Crippen LogP contribution in [0.4, 0.5) is 0 Å². The van der Waals surface area contributed by atoms with Crippen molar-refractivity contribution in [2.45, 2.75) is 11.4 Å². The summed E-state index contributed by atoms with van der Waals surface area (Å²) in [5, 5.41) is 4.37. The van der Waals surface area contributed by atoms with Crippen LogP contribution in [0.1, 0.15) is 5.89 Å². The van der Waals surface area contributed by atoms with Crippen LogP contribution in [0.25, 0.3) is 21.6 Å². The van der Waals surface area contributed by atoms with Crippen LogP contribution >= 0.6 is 22.9 Å². The Morgan fingerprint density at radius 2 is 2.07 bits per heavy atom. The molecular formula is C17H13ClN4O4S2. The molecule has 0 aliphatic carbocycles. The van der Waals surface area contributed by atoms with Gasteiger partial charge in [-0.05, 0) is 30.3 Å². The van der Waals surface area contributed by atoms with Gasteiger partial charge in [0.15, 0.2) is 0 Å². The maximum absolute atomic E-state index is 12.6. The molecule has 0 fully saturated rings. The maximum atomic E-state index is 12.6. The summed E-state index contributed by atoms with van der Waals surface area (Å²) in [6.07, 6.45) is 0. The summed E-state index contributed by atoms with van der Waals surface area (Å²) >= 11 is 6.93. The largest absolute Gasteiger partial charge is 0.338 e. The zero-order chi connectivity index (χ0) is 19.9. The predicted molar refractivity (Wildman–Crippen MR) is 106 cm³/mol. The van der Waals surface area contributed by atoms with E-state index < -0.39 is 10.0 Å². The standard InChI is InChI=1S/C17H13ClN4O4S2/c1-22-13-6-5-12(8-14(13)27-17(22)23)28(24,25)19-9-15-20-16(21-26-15)10-3-2-4-11(18)7-10/h2-8,19H,9H2,1H3. The number of halogens is 1. The summed E-state index contributed by atoms with van der Waals surface area (Å²) in [5.41, 5.74) is 1.34. The highest BCUT2D eigenvalue weighted by Gasteiger charge is 2.18. The third-order valence-corrected chi connectivity index (χ3v) is 6.67. The molecule has 0 atom stereocenters. The SMILES string of the molecule is Cn1c(=O)sc2cc(S(=O)(=O)NCc3nc(-c4cccc(Cl)c4)no3)ccc21. The molecule has 2 aromatic heterocycles. The number of benzene rings is 2. The van der Waals surface area contributed by atoms with Gasteiger partial charge in [0.1, 0.15) is 0 Å². The highest BCUT2D eigenvalue weighted by Crippen LogP contribution is 2.22. The molecule has 4 aromatic rings. The Kier molecular flexibility index (Phi) is 4.79. The van der Waals surface area contributed by atoms with Crippen LogP contribution in [0.2, 0.25) is 5.02 Å². The zero-order valence-electron chi connectivity index (χ0n) is 14.4. The van der Waals surface area contributed by atoms with E-state index in [4.69, 9.17) is 16.1 Å². The molecule has 0 unspecified atom stereocenters. The third kappa shape index (κ3) is 3.59. The molecule has 0 spiro atoms. The van der Waals surface area contributed by atoms with Gasteiger partial charge >= 0.3 is 4.87 Å². The van der Waals surface area contributed by atoms with Crippen LogP contribution < -0.4 is 9.60 Å². The van der Waals surface area contributed by atoms with Crippen molar-refractivity contribution in [3.8, 4) is 11.4 Å². The van der Waals surface area contributed by atoms with Crippen LogP contribution in [-0.2, 0) is 23.6 Å². The number of aryl methyl sites for hydroxylation is 1. The minimum Gasteiger partial charge on any atom is -0.338 e. The molecule has 0 saturated heterocycles. The van der Waals surface area contributed by atoms with Gasteiger partial charge in [-0.2, -0.15) is 4.98 Å². The van der Waals surface area contributed by atoms with Crippen LogP contribution in [-0.4, -0.2) is 23.1 Å². The fourth-order valence-electron chi connectivity index (χ4n) is 2.59. The van der Waals surface area contributed by atoms with E-state index in [0.29, 0.717) is 26.6 Å². The van der Waals surface area contributed by atoms with Crippen LogP contribution in [0.5, 0.6) is 0 Å². The average molecular weight is 437 g/mol. The van der Waals surface area contributed by atoms with Crippen LogP contribution in [0.15, 0.2) is 56.7 Å². The van der Waals surface area contributed by atoms with E-state index in [1.54, 1.807) is 37.4 Å². The predicted octanol–water partition coefficient (Wildman–Crippen LogP) is 2.78. The number of hydrogen-bond donors (Lipinski definition) is 1. The number of fused-ring (bicyclic) bond motifs is 1. The first-order valence-electron chi connectivity index (χ1n) is 8.01. The quantitative estimate of drug-likeness (QED) is 0.515. The third-order valence-electron chi connectivity index (χ3n) is 4.04. The van der Waals surface area contributed by atoms with E-state index in [1.165, 1.54) is 16.7 Å². The van der Waals surface area contributed by atoms with Gasteiger partial charge in [0.05, 0.1) is 21.7 Å². The topological polar surface area (TPSA) is 107 Å². The number of sulfonamides is 1. The summed E-state index contributed by atoms with van der Waals surface area (Å²) in [6.45, 7) is -0.168. The second kappa shape index (κ2) is 7.13. The Labute approximate surface area is 168 Å². The number of nitrogens with one attached hydrogen (secondary N) is 1. The van der Waals surface area contributed by atoms with Gasteiger partial charge in [0.25, 0.3) is 0 Å². The molecule has 0 saturated carbocycles. The van der Waals surface area contributed by atoms with Crippen molar-refractivity contribution in [1.82, 2.24) is 19.4 Å². The lowest BCUT2D eigenvalue weighted by atomic mass is 10.2. The highest BCUT2D eigenvalue weighted by atomic mass is 35.5. The number of aromatic nitrogens is 3. The molecular weight excluding hydrogens is 424 g/mol. The van der Waals surface area contributed by atoms with E-state index in [-0.39, 0.29) is 22.2 Å². The lowest BCUT2D eigenvalue weighted by Gasteiger charge is -2.05. The molecule has 0 aliphatic heterocycles. The van der Waals surface area contributed by atoms with E-state index in [9.17, 15) is 13.2 Å². The highest BCUT2D eigenvalue weighted by molar-refractivity contribution is 7.89. The number of nitrogens with zero attached hydrogens (tertiary/aromatic N) is 3. The van der Waals surface area contributed by atoms with Gasteiger partial charge in [0.2, 0.25) is 21.7 Å². The molecule has 0 bridgehead atoms. The van der Waals surface area contributed by atoms with Crippen molar-refractivity contribution < 1.29 is 12.9 Å². The van der Waals surface area contributed by atoms with Gasteiger partial charge in [-0.3, -0.25) is 4.79 Å². The van der Waals surface area contributed by atoms with Crippen molar-refractivity contribution in [1.29, 1.82) is 0 Å². The number of rotatable bonds is 5. The smallest absolute Gasteiger partial charge is 0.307 e. The minimum atomic E-state index is -3.82. The Hall–Kier alpha value is -2.53. The van der Waals surface area contributed by atoms with Crippen molar-refractivity contribution in [2.24, 2.45) is 7.05 Å². The Bertz CT molecular complexity index is 1340. The first-order chi connectivity index (χ1) is 13.3. The van der Waals surface area contributed by atoms with Gasteiger partial charge in [-0.15, -0.1) is 0 Å². The van der Waals surface area contributed by atoms with Gasteiger partial charge in [0, 0.05) is 17.6 Å². The average Bonchev–Trinajstić information content (AvgIpc) is 3.25. The van der Waals surface area contributed by atoms with Crippen molar-refractivity contribution in [3.05, 3.63) is 63.0 Å². The lowest BCUT2D eigenvalue weighted by Crippen LogP contribution is -2.23. The monoisotopic (exact) mass is 436 g/mol. The molecule has 4 rings (SSSR count). The van der Waals surface area contributed by atoms with E-state index in [2.05, 4.69) is 14.9 Å². The summed E-state index contributed by atoms with van der Waals surface area (Å²) in [4.78, 5) is 15.8. The molecule has 8 nitrogen and oxygen atoms in total. The first-order valence-corrected chi connectivity index (χ1v) is 10.7. The molecule has 28 heavy (non-hydrogen) atoms. The van der Waals surface area contributed by atoms with Gasteiger partial charge in [-0.25, -0.2) is 13.1 Å². The molecule has 1 N–H and O–H groups in total. The summed E-state index contributed by atoms with van der Waals surface area (Å²) < 4.78 is 34.7. The fraction of sp³-hybridized carbons (Fsp3) is 0.118. The van der Waals surface area contributed by atoms with E-state index in [1.807, 2.05) is 0 Å². The number of thiazole rings is 1. The minimum absolute atomic E-state index is 0.0522. The first kappa shape index (κ1) is 18.8. The van der Waals surface area contributed by atoms with Crippen LogP contribution in [0, 0.1) is 0 Å². The second-order valence-electron chi connectivity index (χ2n) is 5.90. The van der Waals surface area contributed by atoms with Gasteiger partial charge < -0.3 is 9.09 Å². The normalized spacial score (nSPS) is 11.9. The van der Waals surface area contributed by atoms with Gasteiger partial charge in [-0.1, -0.05) is 40.2 Å². The molecule has 0 amide bonds. The molecule has 0 aliphatic rings. The molecule has 144 valence electrons. The molecule has 2 aromatic carbocycles. The summed E-state index contributed by atoms with van der Waals surface area (Å²) in [7, 11) is -2.18. The van der Waals surface area contributed by atoms with E-state index >= 15 is 0 Å². The van der Waals surface area contributed by atoms with Crippen LogP contribution in [0.3, 0.4) is 0 Å².